The summed E-state index contributed by atoms with van der Waals surface area (Å²) in [6, 6.07) is 7.45. The van der Waals surface area contributed by atoms with E-state index in [0.29, 0.717) is 13.0 Å². The van der Waals surface area contributed by atoms with Crippen molar-refractivity contribution in [1.82, 2.24) is 5.32 Å². The number of hydrogen-bond donors (Lipinski definition) is 3. The van der Waals surface area contributed by atoms with Crippen molar-refractivity contribution in [1.29, 1.82) is 0 Å². The number of halogens is 1. The monoisotopic (exact) mass is 328 g/mol. The van der Waals surface area contributed by atoms with Gasteiger partial charge in [-0.05, 0) is 30.7 Å². The SMILES string of the molecule is CC(C)(CNCCC(N)C(=O)O)c1ccc(Br)cc1. The minimum Gasteiger partial charge on any atom is -0.480 e. The third-order valence-electron chi connectivity index (χ3n) is 3.14. The normalized spacial score (nSPS) is 13.3. The van der Waals surface area contributed by atoms with Crippen LogP contribution in [0.3, 0.4) is 0 Å². The molecule has 1 aromatic rings. The lowest BCUT2D eigenvalue weighted by atomic mass is 9.84. The molecule has 1 aromatic carbocycles. The highest BCUT2D eigenvalue weighted by molar-refractivity contribution is 9.10. The highest BCUT2D eigenvalue weighted by atomic mass is 79.9. The van der Waals surface area contributed by atoms with Gasteiger partial charge in [-0.25, -0.2) is 0 Å². The van der Waals surface area contributed by atoms with E-state index >= 15 is 0 Å². The van der Waals surface area contributed by atoms with Crippen LogP contribution in [0.5, 0.6) is 0 Å². The second-order valence-electron chi connectivity index (χ2n) is 5.30. The Morgan fingerprint density at radius 1 is 1.42 bits per heavy atom. The molecule has 106 valence electrons. The van der Waals surface area contributed by atoms with E-state index in [1.165, 1.54) is 5.56 Å². The van der Waals surface area contributed by atoms with Crippen LogP contribution < -0.4 is 11.1 Å². The summed E-state index contributed by atoms with van der Waals surface area (Å²) in [4.78, 5) is 10.6. The smallest absolute Gasteiger partial charge is 0.320 e. The van der Waals surface area contributed by atoms with Crippen molar-refractivity contribution in [3.63, 3.8) is 0 Å². The second-order valence-corrected chi connectivity index (χ2v) is 6.22. The summed E-state index contributed by atoms with van der Waals surface area (Å²) in [5.41, 5.74) is 6.68. The predicted octanol–water partition coefficient (Wildman–Crippen LogP) is 2.12. The van der Waals surface area contributed by atoms with E-state index in [4.69, 9.17) is 10.8 Å². The molecule has 0 spiro atoms. The van der Waals surface area contributed by atoms with Crippen molar-refractivity contribution in [3.8, 4) is 0 Å². The van der Waals surface area contributed by atoms with Crippen LogP contribution in [0.4, 0.5) is 0 Å². The maximum Gasteiger partial charge on any atom is 0.320 e. The number of carbonyl (C=O) groups is 1. The Kier molecular flexibility index (Phi) is 5.97. The third kappa shape index (κ3) is 5.30. The number of carboxylic acids is 1. The molecule has 0 aliphatic rings. The number of carboxylic acid groups (broad SMARTS) is 1. The van der Waals surface area contributed by atoms with Crippen LogP contribution in [-0.2, 0) is 10.2 Å². The molecule has 19 heavy (non-hydrogen) atoms. The van der Waals surface area contributed by atoms with Gasteiger partial charge in [-0.15, -0.1) is 0 Å². The number of rotatable bonds is 7. The van der Waals surface area contributed by atoms with E-state index in [2.05, 4.69) is 47.2 Å². The number of nitrogens with one attached hydrogen (secondary N) is 1. The summed E-state index contributed by atoms with van der Waals surface area (Å²) in [6.45, 7) is 5.69. The molecule has 1 unspecified atom stereocenters. The molecule has 0 aromatic heterocycles. The Morgan fingerprint density at radius 3 is 2.53 bits per heavy atom. The van der Waals surface area contributed by atoms with Gasteiger partial charge in [-0.2, -0.15) is 0 Å². The molecule has 0 saturated carbocycles. The predicted molar refractivity (Wildman–Crippen MR) is 80.3 cm³/mol. The number of aliphatic carboxylic acids is 1. The van der Waals surface area contributed by atoms with E-state index in [1.54, 1.807) is 0 Å². The van der Waals surface area contributed by atoms with Gasteiger partial charge in [0.2, 0.25) is 0 Å². The summed E-state index contributed by atoms with van der Waals surface area (Å²) in [7, 11) is 0. The lowest BCUT2D eigenvalue weighted by molar-refractivity contribution is -0.138. The van der Waals surface area contributed by atoms with Crippen LogP contribution in [0.15, 0.2) is 28.7 Å². The van der Waals surface area contributed by atoms with E-state index < -0.39 is 12.0 Å². The molecular formula is C14H21BrN2O2. The molecule has 0 aliphatic carbocycles. The summed E-state index contributed by atoms with van der Waals surface area (Å²) in [5, 5.41) is 12.0. The molecule has 4 nitrogen and oxygen atoms in total. The molecule has 0 bridgehead atoms. The molecule has 0 amide bonds. The fourth-order valence-electron chi connectivity index (χ4n) is 1.79. The number of nitrogens with two attached hydrogens (primary N) is 1. The fraction of sp³-hybridized carbons (Fsp3) is 0.500. The highest BCUT2D eigenvalue weighted by Crippen LogP contribution is 2.23. The van der Waals surface area contributed by atoms with E-state index in [9.17, 15) is 4.79 Å². The largest absolute Gasteiger partial charge is 0.480 e. The molecule has 1 atom stereocenters. The molecule has 1 rings (SSSR count). The van der Waals surface area contributed by atoms with Gasteiger partial charge in [-0.3, -0.25) is 4.79 Å². The van der Waals surface area contributed by atoms with Crippen molar-refractivity contribution < 1.29 is 9.90 Å². The Balaban J connectivity index is 2.43. The molecule has 0 fully saturated rings. The van der Waals surface area contributed by atoms with Gasteiger partial charge in [-0.1, -0.05) is 41.9 Å². The zero-order chi connectivity index (χ0) is 14.5. The van der Waals surface area contributed by atoms with Crippen molar-refractivity contribution in [3.05, 3.63) is 34.3 Å². The van der Waals surface area contributed by atoms with Gasteiger partial charge < -0.3 is 16.2 Å². The molecule has 0 aliphatic heterocycles. The molecule has 0 saturated heterocycles. The molecule has 5 heteroatoms. The first-order valence-corrected chi connectivity index (χ1v) is 7.07. The van der Waals surface area contributed by atoms with E-state index in [0.717, 1.165) is 11.0 Å². The number of benzene rings is 1. The van der Waals surface area contributed by atoms with Gasteiger partial charge in [0, 0.05) is 16.4 Å². The number of hydrogen-bond acceptors (Lipinski definition) is 3. The summed E-state index contributed by atoms with van der Waals surface area (Å²) >= 11 is 3.42. The summed E-state index contributed by atoms with van der Waals surface area (Å²) < 4.78 is 1.06. The van der Waals surface area contributed by atoms with Crippen LogP contribution >= 0.6 is 15.9 Å². The lowest BCUT2D eigenvalue weighted by Crippen LogP contribution is -2.37. The van der Waals surface area contributed by atoms with Crippen molar-refractivity contribution in [2.24, 2.45) is 5.73 Å². The topological polar surface area (TPSA) is 75.3 Å². The van der Waals surface area contributed by atoms with E-state index in [1.807, 2.05) is 12.1 Å². The van der Waals surface area contributed by atoms with Gasteiger partial charge >= 0.3 is 5.97 Å². The Bertz CT molecular complexity index is 418. The first kappa shape index (κ1) is 16.1. The van der Waals surface area contributed by atoms with Crippen molar-refractivity contribution in [2.45, 2.75) is 31.7 Å². The second kappa shape index (κ2) is 7.03. The van der Waals surface area contributed by atoms with Gasteiger partial charge in [0.05, 0.1) is 0 Å². The maximum absolute atomic E-state index is 10.6. The molecule has 4 N–H and O–H groups in total. The Labute approximate surface area is 122 Å². The van der Waals surface area contributed by atoms with Crippen LogP contribution in [0.1, 0.15) is 25.8 Å². The Hall–Kier alpha value is -0.910. The average molecular weight is 329 g/mol. The van der Waals surface area contributed by atoms with E-state index in [-0.39, 0.29) is 5.41 Å². The zero-order valence-electron chi connectivity index (χ0n) is 11.3. The summed E-state index contributed by atoms with van der Waals surface area (Å²) in [5.74, 6) is -0.950. The molecule has 0 heterocycles. The first-order valence-electron chi connectivity index (χ1n) is 6.28. The lowest BCUT2D eigenvalue weighted by Gasteiger charge is -2.26. The third-order valence-corrected chi connectivity index (χ3v) is 3.67. The Morgan fingerprint density at radius 2 is 2.00 bits per heavy atom. The van der Waals surface area contributed by atoms with Crippen LogP contribution in [0.25, 0.3) is 0 Å². The molecule has 0 radical (unpaired) electrons. The van der Waals surface area contributed by atoms with Crippen LogP contribution in [0.2, 0.25) is 0 Å². The standard InChI is InChI=1S/C14H21BrN2O2/c1-14(2,10-3-5-11(15)6-4-10)9-17-8-7-12(16)13(18)19/h3-6,12,17H,7-9,16H2,1-2H3,(H,18,19). The zero-order valence-corrected chi connectivity index (χ0v) is 12.9. The van der Waals surface area contributed by atoms with Crippen LogP contribution in [0, 0.1) is 0 Å². The highest BCUT2D eigenvalue weighted by Gasteiger charge is 2.20. The maximum atomic E-state index is 10.6. The van der Waals surface area contributed by atoms with Crippen LogP contribution in [-0.4, -0.2) is 30.2 Å². The van der Waals surface area contributed by atoms with Crippen molar-refractivity contribution in [2.75, 3.05) is 13.1 Å². The van der Waals surface area contributed by atoms with Gasteiger partial charge in [0.15, 0.2) is 0 Å². The minimum atomic E-state index is -0.950. The van der Waals surface area contributed by atoms with Gasteiger partial charge in [0.1, 0.15) is 6.04 Å². The summed E-state index contributed by atoms with van der Waals surface area (Å²) in [6.07, 6.45) is 0.436. The first-order chi connectivity index (χ1) is 8.83. The van der Waals surface area contributed by atoms with Crippen molar-refractivity contribution >= 4 is 21.9 Å². The molecular weight excluding hydrogens is 308 g/mol. The average Bonchev–Trinajstić information content (AvgIpc) is 2.34. The quantitative estimate of drug-likeness (QED) is 0.670. The minimum absolute atomic E-state index is 0.00593. The fourth-order valence-corrected chi connectivity index (χ4v) is 2.05. The van der Waals surface area contributed by atoms with Gasteiger partial charge in [0.25, 0.3) is 0 Å².